The van der Waals surface area contributed by atoms with E-state index in [1.807, 2.05) is 24.3 Å². The van der Waals surface area contributed by atoms with Gasteiger partial charge in [0.05, 0.1) is 5.69 Å². The Kier molecular flexibility index (Phi) is 11.5. The molecule has 268 valence electrons. The molecule has 0 amide bonds. The number of para-hydroxylation sites is 2. The molecule has 7 aromatic carbocycles. The van der Waals surface area contributed by atoms with Gasteiger partial charge in [-0.1, -0.05) is 153 Å². The van der Waals surface area contributed by atoms with Gasteiger partial charge in [0.2, 0.25) is 0 Å². The van der Waals surface area contributed by atoms with E-state index in [2.05, 4.69) is 206 Å². The molecule has 0 aliphatic heterocycles. The van der Waals surface area contributed by atoms with Gasteiger partial charge >= 0.3 is 0 Å². The first-order valence-electron chi connectivity index (χ1n) is 18.8. The summed E-state index contributed by atoms with van der Waals surface area (Å²) < 4.78 is 0. The second-order valence-electron chi connectivity index (χ2n) is 13.7. The van der Waals surface area contributed by atoms with E-state index in [4.69, 9.17) is 0 Å². The van der Waals surface area contributed by atoms with Crippen molar-refractivity contribution in [2.24, 2.45) is 0 Å². The Morgan fingerprint density at radius 3 is 1.71 bits per heavy atom. The maximum Gasteiger partial charge on any atom is 0.0540 e. The summed E-state index contributed by atoms with van der Waals surface area (Å²) in [4.78, 5) is 4.58. The number of aryl methyl sites for hydroxylation is 1. The smallest absolute Gasteiger partial charge is 0.0540 e. The highest BCUT2D eigenvalue weighted by Crippen LogP contribution is 2.40. The van der Waals surface area contributed by atoms with Gasteiger partial charge in [0.15, 0.2) is 0 Å². The summed E-state index contributed by atoms with van der Waals surface area (Å²) in [6, 6.07) is 56.0. The fourth-order valence-corrected chi connectivity index (χ4v) is 7.10. The van der Waals surface area contributed by atoms with Crippen LogP contribution in [-0.4, -0.2) is 0 Å². The van der Waals surface area contributed by atoms with E-state index in [-0.39, 0.29) is 0 Å². The number of anilines is 5. The molecule has 0 saturated heterocycles. The molecule has 0 aromatic heterocycles. The topological polar surface area (TPSA) is 6.48 Å². The van der Waals surface area contributed by atoms with E-state index in [0.717, 1.165) is 58.1 Å². The molecule has 7 rings (SSSR count). The van der Waals surface area contributed by atoms with Gasteiger partial charge < -0.3 is 9.80 Å². The monoisotopic (exact) mass is 710 g/mol. The van der Waals surface area contributed by atoms with Crippen molar-refractivity contribution < 1.29 is 0 Å². The molecule has 0 saturated carbocycles. The summed E-state index contributed by atoms with van der Waals surface area (Å²) in [6.07, 6.45) is 14.6. The Hall–Kier alpha value is -6.90. The van der Waals surface area contributed by atoms with E-state index >= 15 is 0 Å². The number of allylic oxidation sites excluding steroid dienone is 6. The van der Waals surface area contributed by atoms with Crippen molar-refractivity contribution in [1.29, 1.82) is 0 Å². The first kappa shape index (κ1) is 36.5. The third kappa shape index (κ3) is 8.51. The number of benzene rings is 7. The maximum absolute atomic E-state index is 4.58. The molecule has 0 spiro atoms. The van der Waals surface area contributed by atoms with Crippen molar-refractivity contribution in [2.75, 3.05) is 9.80 Å². The minimum absolute atomic E-state index is 0.713. The van der Waals surface area contributed by atoms with E-state index in [1.54, 1.807) is 0 Å². The van der Waals surface area contributed by atoms with Crippen LogP contribution in [-0.2, 0) is 12.8 Å². The Morgan fingerprint density at radius 1 is 0.545 bits per heavy atom. The van der Waals surface area contributed by atoms with Crippen LogP contribution in [0.3, 0.4) is 0 Å². The lowest BCUT2D eigenvalue weighted by Gasteiger charge is -2.28. The average molecular weight is 711 g/mol. The molecule has 2 heteroatoms. The van der Waals surface area contributed by atoms with Gasteiger partial charge in [0.25, 0.3) is 0 Å². The zero-order valence-electron chi connectivity index (χ0n) is 31.3. The molecular weight excluding hydrogens is 665 g/mol. The predicted molar refractivity (Wildman–Crippen MR) is 240 cm³/mol. The molecule has 0 aliphatic rings. The number of rotatable bonds is 15. The lowest BCUT2D eigenvalue weighted by atomic mass is 9.99. The summed E-state index contributed by atoms with van der Waals surface area (Å²) in [7, 11) is 0. The summed E-state index contributed by atoms with van der Waals surface area (Å²) in [5, 5.41) is 4.81. The predicted octanol–water partition coefficient (Wildman–Crippen LogP) is 14.8. The van der Waals surface area contributed by atoms with Gasteiger partial charge in [-0.3, -0.25) is 0 Å². The molecular formula is C53H46N2. The number of hydrogen-bond donors (Lipinski definition) is 0. The minimum atomic E-state index is 0.713. The largest absolute Gasteiger partial charge is 0.311 e. The molecule has 7 aromatic rings. The van der Waals surface area contributed by atoms with Gasteiger partial charge in [-0.05, 0) is 124 Å². The van der Waals surface area contributed by atoms with Crippen molar-refractivity contribution >= 4 is 56.1 Å². The van der Waals surface area contributed by atoms with E-state index in [1.165, 1.54) is 32.7 Å². The molecule has 0 aliphatic carbocycles. The fraction of sp³-hybridized carbons (Fsp3) is 0.0566. The third-order valence-corrected chi connectivity index (χ3v) is 9.81. The van der Waals surface area contributed by atoms with Crippen LogP contribution >= 0.6 is 0 Å². The van der Waals surface area contributed by atoms with Crippen molar-refractivity contribution in [2.45, 2.75) is 19.3 Å². The Labute approximate surface area is 326 Å². The van der Waals surface area contributed by atoms with Crippen LogP contribution in [0.25, 0.3) is 27.6 Å². The summed E-state index contributed by atoms with van der Waals surface area (Å²) in [5.41, 5.74) is 10.9. The first-order chi connectivity index (χ1) is 27.0. The highest BCUT2D eigenvalue weighted by Gasteiger charge is 2.18. The van der Waals surface area contributed by atoms with Gasteiger partial charge in [-0.2, -0.15) is 0 Å². The van der Waals surface area contributed by atoms with E-state index < -0.39 is 0 Å². The zero-order valence-corrected chi connectivity index (χ0v) is 31.3. The minimum Gasteiger partial charge on any atom is -0.311 e. The summed E-state index contributed by atoms with van der Waals surface area (Å²) in [6.45, 7) is 17.0. The quantitative estimate of drug-likeness (QED) is 0.0772. The molecule has 0 radical (unpaired) electrons. The van der Waals surface area contributed by atoms with Crippen LogP contribution in [0, 0.1) is 0 Å². The van der Waals surface area contributed by atoms with Crippen LogP contribution in [0.4, 0.5) is 28.4 Å². The molecule has 0 fully saturated rings. The average Bonchev–Trinajstić information content (AvgIpc) is 3.23. The lowest BCUT2D eigenvalue weighted by Crippen LogP contribution is -2.16. The first-order valence-corrected chi connectivity index (χ1v) is 18.8. The van der Waals surface area contributed by atoms with Crippen molar-refractivity contribution in [3.63, 3.8) is 0 Å². The zero-order chi connectivity index (χ0) is 38.0. The molecule has 0 heterocycles. The lowest BCUT2D eigenvalue weighted by molar-refractivity contribution is 0.996. The van der Waals surface area contributed by atoms with Crippen molar-refractivity contribution in [3.8, 4) is 0 Å². The van der Waals surface area contributed by atoms with E-state index in [0.29, 0.717) is 6.42 Å². The number of hydrogen-bond acceptors (Lipinski definition) is 2. The van der Waals surface area contributed by atoms with Crippen LogP contribution in [0.2, 0.25) is 0 Å². The number of fused-ring (bicyclic) bond motifs is 2. The summed E-state index contributed by atoms with van der Waals surface area (Å²) >= 11 is 0. The second-order valence-corrected chi connectivity index (χ2v) is 13.7. The van der Waals surface area contributed by atoms with E-state index in [9.17, 15) is 0 Å². The summed E-state index contributed by atoms with van der Waals surface area (Å²) in [5.74, 6) is 0. The highest BCUT2D eigenvalue weighted by atomic mass is 15.2. The fourth-order valence-electron chi connectivity index (χ4n) is 7.10. The van der Waals surface area contributed by atoms with Gasteiger partial charge in [0.1, 0.15) is 0 Å². The second kappa shape index (κ2) is 17.3. The standard InChI is InChI=1S/C53H46N2/c1-5-7-19-47-36-43-21-15-17-23-45(43)38-52(47)54(49-25-11-9-12-26-49)41(4)30-29-40(3)35-42-31-33-51(34-32-42)55(50-27-13-10-14-28-50)53-39-46-24-18-16-22-44(46)37-48(53)20-8-6-2/h5-6,8-18,20-34,36-39H,1-4,7,19,35H2/b20-8-,30-29-. The third-order valence-electron chi connectivity index (χ3n) is 9.81. The molecule has 0 unspecified atom stereocenters. The number of nitrogens with zero attached hydrogens (tertiary/aromatic N) is 2. The van der Waals surface area contributed by atoms with Crippen molar-refractivity contribution in [1.82, 2.24) is 0 Å². The Balaban J connectivity index is 1.16. The molecule has 55 heavy (non-hydrogen) atoms. The SMILES string of the molecule is C=C/C=C\c1cc2ccccc2cc1N(c1ccccc1)c1ccc(CC(=C)/C=C\C(=C)N(c2ccccc2)c2cc3ccccc3cc2CCC=C)cc1. The van der Waals surface area contributed by atoms with Crippen LogP contribution in [0.5, 0.6) is 0 Å². The highest BCUT2D eigenvalue weighted by molar-refractivity contribution is 5.94. The van der Waals surface area contributed by atoms with Crippen LogP contribution in [0.1, 0.15) is 23.1 Å². The molecule has 0 atom stereocenters. The van der Waals surface area contributed by atoms with Crippen LogP contribution < -0.4 is 9.80 Å². The Bertz CT molecular complexity index is 2520. The van der Waals surface area contributed by atoms with Gasteiger partial charge in [0, 0.05) is 28.4 Å². The molecule has 0 N–H and O–H groups in total. The maximum atomic E-state index is 4.58. The Morgan fingerprint density at radius 2 is 1.09 bits per heavy atom. The molecule has 2 nitrogen and oxygen atoms in total. The molecule has 0 bridgehead atoms. The normalized spacial score (nSPS) is 11.3. The van der Waals surface area contributed by atoms with Crippen molar-refractivity contribution in [3.05, 3.63) is 242 Å². The van der Waals surface area contributed by atoms with Crippen LogP contribution in [0.15, 0.2) is 226 Å². The van der Waals surface area contributed by atoms with Gasteiger partial charge in [-0.15, -0.1) is 6.58 Å². The van der Waals surface area contributed by atoms with Gasteiger partial charge in [-0.25, -0.2) is 0 Å².